The SMILES string of the molecule is CN(C)Cc1ccc(C=O)s1. The second-order valence-corrected chi connectivity index (χ2v) is 3.86. The number of thiophene rings is 1. The summed E-state index contributed by atoms with van der Waals surface area (Å²) in [6, 6.07) is 3.85. The van der Waals surface area contributed by atoms with Crippen molar-refractivity contribution in [2.24, 2.45) is 0 Å². The number of hydrogen-bond donors (Lipinski definition) is 0. The van der Waals surface area contributed by atoms with Crippen LogP contribution in [0, 0.1) is 0 Å². The van der Waals surface area contributed by atoms with Crippen molar-refractivity contribution in [3.05, 3.63) is 21.9 Å². The van der Waals surface area contributed by atoms with Crippen molar-refractivity contribution in [3.63, 3.8) is 0 Å². The number of hydrogen-bond acceptors (Lipinski definition) is 3. The van der Waals surface area contributed by atoms with Crippen LogP contribution in [0.5, 0.6) is 0 Å². The molecule has 1 rings (SSSR count). The Bertz CT molecular complexity index is 242. The molecule has 2 nitrogen and oxygen atoms in total. The van der Waals surface area contributed by atoms with Crippen molar-refractivity contribution >= 4 is 17.6 Å². The highest BCUT2D eigenvalue weighted by Crippen LogP contribution is 2.15. The molecule has 0 amide bonds. The van der Waals surface area contributed by atoms with Crippen LogP contribution in [0.4, 0.5) is 0 Å². The summed E-state index contributed by atoms with van der Waals surface area (Å²) in [7, 11) is 4.03. The fourth-order valence-corrected chi connectivity index (χ4v) is 1.80. The predicted octanol–water partition coefficient (Wildman–Crippen LogP) is 1.62. The minimum absolute atomic E-state index is 0.807. The van der Waals surface area contributed by atoms with E-state index in [4.69, 9.17) is 0 Å². The van der Waals surface area contributed by atoms with Crippen molar-refractivity contribution in [2.45, 2.75) is 6.54 Å². The van der Waals surface area contributed by atoms with E-state index < -0.39 is 0 Å². The third-order valence-corrected chi connectivity index (χ3v) is 2.27. The first-order chi connectivity index (χ1) is 5.22. The lowest BCUT2D eigenvalue weighted by atomic mass is 10.4. The van der Waals surface area contributed by atoms with E-state index in [2.05, 4.69) is 4.90 Å². The minimum atomic E-state index is 0.807. The smallest absolute Gasteiger partial charge is 0.160 e. The maximum absolute atomic E-state index is 10.3. The fourth-order valence-electron chi connectivity index (χ4n) is 0.854. The Morgan fingerprint density at radius 3 is 2.73 bits per heavy atom. The van der Waals surface area contributed by atoms with Crippen molar-refractivity contribution in [1.82, 2.24) is 4.90 Å². The molecule has 11 heavy (non-hydrogen) atoms. The highest BCUT2D eigenvalue weighted by Gasteiger charge is 1.98. The van der Waals surface area contributed by atoms with Gasteiger partial charge in [-0.3, -0.25) is 4.79 Å². The highest BCUT2D eigenvalue weighted by molar-refractivity contribution is 7.13. The number of nitrogens with zero attached hydrogens (tertiary/aromatic N) is 1. The topological polar surface area (TPSA) is 20.3 Å². The van der Waals surface area contributed by atoms with Crippen LogP contribution in [0.3, 0.4) is 0 Å². The van der Waals surface area contributed by atoms with E-state index >= 15 is 0 Å². The van der Waals surface area contributed by atoms with Crippen LogP contribution in [-0.2, 0) is 6.54 Å². The van der Waals surface area contributed by atoms with E-state index in [0.717, 1.165) is 17.7 Å². The molecule has 1 aromatic rings. The molecule has 0 atom stereocenters. The van der Waals surface area contributed by atoms with Crippen molar-refractivity contribution in [1.29, 1.82) is 0 Å². The van der Waals surface area contributed by atoms with Gasteiger partial charge >= 0.3 is 0 Å². The lowest BCUT2D eigenvalue weighted by Crippen LogP contribution is -2.09. The third kappa shape index (κ3) is 2.44. The molecule has 0 saturated heterocycles. The van der Waals surface area contributed by atoms with Crippen molar-refractivity contribution in [2.75, 3.05) is 14.1 Å². The van der Waals surface area contributed by atoms with E-state index in [1.165, 1.54) is 4.88 Å². The van der Waals surface area contributed by atoms with Gasteiger partial charge in [0.25, 0.3) is 0 Å². The van der Waals surface area contributed by atoms with Gasteiger partial charge in [-0.2, -0.15) is 0 Å². The summed E-state index contributed by atoms with van der Waals surface area (Å²) in [4.78, 5) is 14.4. The van der Waals surface area contributed by atoms with Crippen molar-refractivity contribution in [3.8, 4) is 0 Å². The Kier molecular flexibility index (Phi) is 2.79. The minimum Gasteiger partial charge on any atom is -0.304 e. The van der Waals surface area contributed by atoms with Crippen molar-refractivity contribution < 1.29 is 4.79 Å². The van der Waals surface area contributed by atoms with E-state index in [1.807, 2.05) is 26.2 Å². The Morgan fingerprint density at radius 1 is 1.55 bits per heavy atom. The molecule has 0 bridgehead atoms. The van der Waals surface area contributed by atoms with Gasteiger partial charge in [0, 0.05) is 11.4 Å². The van der Waals surface area contributed by atoms with Crippen LogP contribution < -0.4 is 0 Å². The van der Waals surface area contributed by atoms with Gasteiger partial charge < -0.3 is 4.90 Å². The van der Waals surface area contributed by atoms with E-state index in [1.54, 1.807) is 11.3 Å². The maximum Gasteiger partial charge on any atom is 0.160 e. The van der Waals surface area contributed by atoms with Gasteiger partial charge in [0.1, 0.15) is 0 Å². The summed E-state index contributed by atoms with van der Waals surface area (Å²) in [6.45, 7) is 0.915. The summed E-state index contributed by atoms with van der Waals surface area (Å²) in [5.41, 5.74) is 0. The first-order valence-electron chi connectivity index (χ1n) is 3.41. The third-order valence-electron chi connectivity index (χ3n) is 1.27. The molecular formula is C8H11NOS. The van der Waals surface area contributed by atoms with Crippen LogP contribution in [0.25, 0.3) is 0 Å². The molecular weight excluding hydrogens is 158 g/mol. The summed E-state index contributed by atoms with van der Waals surface area (Å²) in [5, 5.41) is 0. The molecule has 0 N–H and O–H groups in total. The van der Waals surface area contributed by atoms with E-state index in [9.17, 15) is 4.79 Å². The quantitative estimate of drug-likeness (QED) is 0.641. The fraction of sp³-hybridized carbons (Fsp3) is 0.375. The molecule has 1 aromatic heterocycles. The second-order valence-electron chi connectivity index (χ2n) is 2.66. The molecule has 0 aliphatic rings. The molecule has 0 radical (unpaired) electrons. The molecule has 60 valence electrons. The average Bonchev–Trinajstić information content (AvgIpc) is 2.34. The first kappa shape index (κ1) is 8.43. The average molecular weight is 169 g/mol. The standard InChI is InChI=1S/C8H11NOS/c1-9(2)5-7-3-4-8(6-10)11-7/h3-4,6H,5H2,1-2H3. The molecule has 0 fully saturated rings. The van der Waals surface area contributed by atoms with Crippen LogP contribution in [0.1, 0.15) is 14.5 Å². The van der Waals surface area contributed by atoms with Gasteiger partial charge in [-0.1, -0.05) is 0 Å². The van der Waals surface area contributed by atoms with Gasteiger partial charge in [-0.25, -0.2) is 0 Å². The predicted molar refractivity (Wildman–Crippen MR) is 47.1 cm³/mol. The van der Waals surface area contributed by atoms with Crippen LogP contribution >= 0.6 is 11.3 Å². The van der Waals surface area contributed by atoms with Crippen LogP contribution in [-0.4, -0.2) is 25.3 Å². The summed E-state index contributed by atoms with van der Waals surface area (Å²) < 4.78 is 0. The summed E-state index contributed by atoms with van der Waals surface area (Å²) in [6.07, 6.45) is 0.893. The van der Waals surface area contributed by atoms with Crippen LogP contribution in [0.2, 0.25) is 0 Å². The first-order valence-corrected chi connectivity index (χ1v) is 4.22. The molecule has 0 unspecified atom stereocenters. The number of carbonyl (C=O) groups is 1. The van der Waals surface area contributed by atoms with E-state index in [0.29, 0.717) is 0 Å². The monoisotopic (exact) mass is 169 g/mol. The Hall–Kier alpha value is -0.670. The lowest BCUT2D eigenvalue weighted by molar-refractivity contribution is 0.112. The van der Waals surface area contributed by atoms with Gasteiger partial charge in [0.2, 0.25) is 0 Å². The molecule has 0 aliphatic carbocycles. The van der Waals surface area contributed by atoms with Gasteiger partial charge in [0.15, 0.2) is 6.29 Å². The maximum atomic E-state index is 10.3. The molecule has 0 aliphatic heterocycles. The van der Waals surface area contributed by atoms with E-state index in [-0.39, 0.29) is 0 Å². The van der Waals surface area contributed by atoms with Crippen LogP contribution in [0.15, 0.2) is 12.1 Å². The zero-order valence-electron chi connectivity index (χ0n) is 6.70. The van der Waals surface area contributed by atoms with Gasteiger partial charge in [0.05, 0.1) is 4.88 Å². The molecule has 3 heteroatoms. The number of rotatable bonds is 3. The zero-order chi connectivity index (χ0) is 8.27. The molecule has 0 aromatic carbocycles. The summed E-state index contributed by atoms with van der Waals surface area (Å²) >= 11 is 1.55. The zero-order valence-corrected chi connectivity index (χ0v) is 7.52. The highest BCUT2D eigenvalue weighted by atomic mass is 32.1. The number of aldehydes is 1. The molecule has 1 heterocycles. The van der Waals surface area contributed by atoms with Gasteiger partial charge in [-0.15, -0.1) is 11.3 Å². The number of carbonyl (C=O) groups excluding carboxylic acids is 1. The van der Waals surface area contributed by atoms with Gasteiger partial charge in [-0.05, 0) is 26.2 Å². The molecule has 0 saturated carbocycles. The Labute approximate surface area is 70.5 Å². The second kappa shape index (κ2) is 3.64. The Morgan fingerprint density at radius 2 is 2.27 bits per heavy atom. The normalized spacial score (nSPS) is 10.5. The summed E-state index contributed by atoms with van der Waals surface area (Å²) in [5.74, 6) is 0. The lowest BCUT2D eigenvalue weighted by Gasteiger charge is -2.05. The Balaban J connectivity index is 2.65. The largest absolute Gasteiger partial charge is 0.304 e. The molecule has 0 spiro atoms.